The van der Waals surface area contributed by atoms with Crippen LogP contribution in [0.1, 0.15) is 19.4 Å². The molecule has 152 valence electrons. The number of amides is 2. The SMILES string of the molecule is COCCN(Cc1ccc2c(c1)OCO2)C(=O)CNC(=O)[C@@H](N)C(C)C.Cl. The third kappa shape index (κ3) is 6.57. The average molecular weight is 402 g/mol. The van der Waals surface area contributed by atoms with E-state index < -0.39 is 6.04 Å². The molecule has 0 aliphatic carbocycles. The Morgan fingerprint density at radius 1 is 1.30 bits per heavy atom. The molecule has 2 amide bonds. The number of carbonyl (C=O) groups is 2. The van der Waals surface area contributed by atoms with Crippen molar-refractivity contribution in [2.24, 2.45) is 11.7 Å². The lowest BCUT2D eigenvalue weighted by Crippen LogP contribution is -2.48. The molecule has 0 aromatic heterocycles. The van der Waals surface area contributed by atoms with Gasteiger partial charge in [0.15, 0.2) is 11.5 Å². The molecule has 0 radical (unpaired) electrons. The summed E-state index contributed by atoms with van der Waals surface area (Å²) >= 11 is 0. The van der Waals surface area contributed by atoms with E-state index in [4.69, 9.17) is 19.9 Å². The average Bonchev–Trinajstić information content (AvgIpc) is 3.09. The third-order valence-electron chi connectivity index (χ3n) is 4.16. The van der Waals surface area contributed by atoms with Crippen molar-refractivity contribution in [3.8, 4) is 11.5 Å². The van der Waals surface area contributed by atoms with Crippen LogP contribution in [0.5, 0.6) is 11.5 Å². The Labute approximate surface area is 165 Å². The zero-order valence-corrected chi connectivity index (χ0v) is 16.7. The highest BCUT2D eigenvalue weighted by Crippen LogP contribution is 2.32. The monoisotopic (exact) mass is 401 g/mol. The number of methoxy groups -OCH3 is 1. The van der Waals surface area contributed by atoms with E-state index >= 15 is 0 Å². The van der Waals surface area contributed by atoms with Gasteiger partial charge in [-0.05, 0) is 23.6 Å². The summed E-state index contributed by atoms with van der Waals surface area (Å²) in [6, 6.07) is 4.92. The van der Waals surface area contributed by atoms with Gasteiger partial charge < -0.3 is 30.2 Å². The molecule has 0 saturated carbocycles. The van der Waals surface area contributed by atoms with E-state index in [-0.39, 0.29) is 43.5 Å². The van der Waals surface area contributed by atoms with Gasteiger partial charge in [-0.1, -0.05) is 19.9 Å². The summed E-state index contributed by atoms with van der Waals surface area (Å²) in [5.74, 6) is 0.826. The quantitative estimate of drug-likeness (QED) is 0.637. The predicted molar refractivity (Wildman–Crippen MR) is 103 cm³/mol. The molecule has 0 saturated heterocycles. The van der Waals surface area contributed by atoms with Gasteiger partial charge in [0.2, 0.25) is 18.6 Å². The lowest BCUT2D eigenvalue weighted by Gasteiger charge is -2.23. The van der Waals surface area contributed by atoms with Gasteiger partial charge >= 0.3 is 0 Å². The number of halogens is 1. The maximum atomic E-state index is 12.5. The van der Waals surface area contributed by atoms with Crippen molar-refractivity contribution in [3.05, 3.63) is 23.8 Å². The van der Waals surface area contributed by atoms with Crippen molar-refractivity contribution in [1.29, 1.82) is 0 Å². The molecule has 1 heterocycles. The number of carbonyl (C=O) groups excluding carboxylic acids is 2. The van der Waals surface area contributed by atoms with Gasteiger partial charge in [0.05, 0.1) is 19.2 Å². The lowest BCUT2D eigenvalue weighted by atomic mass is 10.1. The van der Waals surface area contributed by atoms with Crippen molar-refractivity contribution in [2.45, 2.75) is 26.4 Å². The maximum absolute atomic E-state index is 12.5. The fraction of sp³-hybridized carbons (Fsp3) is 0.556. The molecule has 1 aliphatic heterocycles. The van der Waals surface area contributed by atoms with Crippen LogP contribution in [0, 0.1) is 5.92 Å². The van der Waals surface area contributed by atoms with Crippen LogP contribution in [0.3, 0.4) is 0 Å². The molecule has 0 bridgehead atoms. The summed E-state index contributed by atoms with van der Waals surface area (Å²) in [5.41, 5.74) is 6.70. The minimum atomic E-state index is -0.635. The molecule has 27 heavy (non-hydrogen) atoms. The highest BCUT2D eigenvalue weighted by Gasteiger charge is 2.21. The van der Waals surface area contributed by atoms with E-state index in [1.165, 1.54) is 0 Å². The molecular weight excluding hydrogens is 374 g/mol. The second kappa shape index (κ2) is 11.0. The first kappa shape index (κ1) is 23.0. The second-order valence-electron chi connectivity index (χ2n) is 6.48. The van der Waals surface area contributed by atoms with Gasteiger partial charge in [-0.15, -0.1) is 12.4 Å². The van der Waals surface area contributed by atoms with Crippen LogP contribution in [-0.2, 0) is 20.9 Å². The highest BCUT2D eigenvalue weighted by molar-refractivity contribution is 5.87. The third-order valence-corrected chi connectivity index (χ3v) is 4.16. The van der Waals surface area contributed by atoms with Gasteiger partial charge in [0.25, 0.3) is 0 Å². The summed E-state index contributed by atoms with van der Waals surface area (Å²) in [6.45, 7) is 5.00. The fourth-order valence-electron chi connectivity index (χ4n) is 2.45. The van der Waals surface area contributed by atoms with Crippen LogP contribution in [0.2, 0.25) is 0 Å². The molecule has 2 rings (SSSR count). The van der Waals surface area contributed by atoms with E-state index in [0.717, 1.165) is 5.56 Å². The molecule has 3 N–H and O–H groups in total. The molecular formula is C18H28ClN3O5. The Balaban J connectivity index is 0.00000364. The summed E-state index contributed by atoms with van der Waals surface area (Å²) < 4.78 is 15.7. The molecule has 0 spiro atoms. The predicted octanol–water partition coefficient (Wildman–Crippen LogP) is 0.912. The van der Waals surface area contributed by atoms with Crippen molar-refractivity contribution in [1.82, 2.24) is 10.2 Å². The molecule has 0 fully saturated rings. The van der Waals surface area contributed by atoms with E-state index in [1.54, 1.807) is 12.0 Å². The maximum Gasteiger partial charge on any atom is 0.242 e. The molecule has 1 aliphatic rings. The van der Waals surface area contributed by atoms with E-state index in [9.17, 15) is 9.59 Å². The molecule has 1 aromatic rings. The van der Waals surface area contributed by atoms with Crippen LogP contribution < -0.4 is 20.5 Å². The van der Waals surface area contributed by atoms with E-state index in [0.29, 0.717) is 31.2 Å². The number of hydrogen-bond donors (Lipinski definition) is 2. The Bertz CT molecular complexity index is 641. The lowest BCUT2D eigenvalue weighted by molar-refractivity contribution is -0.134. The van der Waals surface area contributed by atoms with Crippen molar-refractivity contribution in [2.75, 3.05) is 33.6 Å². The molecule has 9 heteroatoms. The van der Waals surface area contributed by atoms with Crippen LogP contribution in [0.15, 0.2) is 18.2 Å². The van der Waals surface area contributed by atoms with Crippen molar-refractivity contribution >= 4 is 24.2 Å². The highest BCUT2D eigenvalue weighted by atomic mass is 35.5. The number of hydrogen-bond acceptors (Lipinski definition) is 6. The summed E-state index contributed by atoms with van der Waals surface area (Å²) in [5, 5.41) is 2.61. The first-order valence-electron chi connectivity index (χ1n) is 8.61. The smallest absolute Gasteiger partial charge is 0.242 e. The van der Waals surface area contributed by atoms with Gasteiger partial charge in [0, 0.05) is 20.2 Å². The number of nitrogens with zero attached hydrogens (tertiary/aromatic N) is 1. The van der Waals surface area contributed by atoms with Crippen LogP contribution in [-0.4, -0.2) is 56.4 Å². The summed E-state index contributed by atoms with van der Waals surface area (Å²) in [6.07, 6.45) is 0. The minimum Gasteiger partial charge on any atom is -0.454 e. The standard InChI is InChI=1S/C18H27N3O5.ClH/c1-12(2)17(19)18(23)20-9-16(22)21(6-7-24-3)10-13-4-5-14-15(8-13)26-11-25-14;/h4-5,8,12,17H,6-7,9-11,19H2,1-3H3,(H,20,23);1H/t17-;/m0./s1. The Morgan fingerprint density at radius 2 is 2.00 bits per heavy atom. The Kier molecular flexibility index (Phi) is 9.34. The number of nitrogens with one attached hydrogen (secondary N) is 1. The van der Waals surface area contributed by atoms with Gasteiger partial charge in [-0.2, -0.15) is 0 Å². The Morgan fingerprint density at radius 3 is 2.67 bits per heavy atom. The summed E-state index contributed by atoms with van der Waals surface area (Å²) in [7, 11) is 1.58. The molecule has 8 nitrogen and oxygen atoms in total. The Hall–Kier alpha value is -2.03. The summed E-state index contributed by atoms with van der Waals surface area (Å²) in [4.78, 5) is 26.1. The first-order chi connectivity index (χ1) is 12.4. The number of ether oxygens (including phenoxy) is 3. The molecule has 1 aromatic carbocycles. The number of benzene rings is 1. The van der Waals surface area contributed by atoms with Crippen LogP contribution in [0.25, 0.3) is 0 Å². The fourth-order valence-corrected chi connectivity index (χ4v) is 2.45. The van der Waals surface area contributed by atoms with E-state index in [1.807, 2.05) is 32.0 Å². The molecule has 0 unspecified atom stereocenters. The van der Waals surface area contributed by atoms with Crippen molar-refractivity contribution in [3.63, 3.8) is 0 Å². The van der Waals surface area contributed by atoms with Gasteiger partial charge in [-0.3, -0.25) is 9.59 Å². The minimum absolute atomic E-state index is 0. The second-order valence-corrected chi connectivity index (χ2v) is 6.48. The van der Waals surface area contributed by atoms with Gasteiger partial charge in [0.1, 0.15) is 0 Å². The van der Waals surface area contributed by atoms with E-state index in [2.05, 4.69) is 5.32 Å². The zero-order chi connectivity index (χ0) is 19.1. The number of nitrogens with two attached hydrogens (primary N) is 1. The first-order valence-corrected chi connectivity index (χ1v) is 8.61. The van der Waals surface area contributed by atoms with Crippen molar-refractivity contribution < 1.29 is 23.8 Å². The van der Waals surface area contributed by atoms with Crippen LogP contribution in [0.4, 0.5) is 0 Å². The van der Waals surface area contributed by atoms with Gasteiger partial charge in [-0.25, -0.2) is 0 Å². The normalized spacial score (nSPS) is 13.1. The number of rotatable bonds is 9. The van der Waals surface area contributed by atoms with Crippen LogP contribution >= 0.6 is 12.4 Å². The zero-order valence-electron chi connectivity index (χ0n) is 15.9. The number of fused-ring (bicyclic) bond motifs is 1. The largest absolute Gasteiger partial charge is 0.454 e. The topological polar surface area (TPSA) is 103 Å². The molecule has 1 atom stereocenters.